The summed E-state index contributed by atoms with van der Waals surface area (Å²) in [6.45, 7) is 2.85. The quantitative estimate of drug-likeness (QED) is 0.475. The van der Waals surface area contributed by atoms with E-state index in [-0.39, 0.29) is 65.4 Å². The number of halogens is 4. The first-order valence-corrected chi connectivity index (χ1v) is 11.7. The number of anilines is 2. The molecule has 12 heteroatoms. The summed E-state index contributed by atoms with van der Waals surface area (Å²) < 4.78 is 55.2. The van der Waals surface area contributed by atoms with E-state index < -0.39 is 36.1 Å². The predicted molar refractivity (Wildman–Crippen MR) is 132 cm³/mol. The monoisotopic (exact) mass is 521 g/mol. The summed E-state index contributed by atoms with van der Waals surface area (Å²) in [4.78, 5) is 32.6. The van der Waals surface area contributed by atoms with Gasteiger partial charge in [-0.2, -0.15) is 13.2 Å². The van der Waals surface area contributed by atoms with Gasteiger partial charge >= 0.3 is 12.1 Å². The van der Waals surface area contributed by atoms with Crippen LogP contribution in [0.25, 0.3) is 10.9 Å². The third-order valence-corrected chi connectivity index (χ3v) is 6.52. The molecule has 4 rings (SSSR count). The molecule has 0 spiro atoms. The van der Waals surface area contributed by atoms with E-state index in [9.17, 15) is 27.9 Å². The van der Waals surface area contributed by atoms with Gasteiger partial charge in [0.25, 0.3) is 5.56 Å². The topological polar surface area (TPSA) is 90.7 Å². The maximum Gasteiger partial charge on any atom is 0.401 e. The van der Waals surface area contributed by atoms with Crippen LogP contribution in [0, 0.1) is 12.7 Å². The zero-order valence-electron chi connectivity index (χ0n) is 20.6. The minimum Gasteiger partial charge on any atom is -0.478 e. The van der Waals surface area contributed by atoms with Gasteiger partial charge in [-0.3, -0.25) is 14.3 Å². The van der Waals surface area contributed by atoms with Crippen LogP contribution >= 0.6 is 0 Å². The lowest BCUT2D eigenvalue weighted by Gasteiger charge is -2.36. The molecule has 8 nitrogen and oxygen atoms in total. The SMILES string of the molecule is Cc1cc2c(=O)n(C)c(N3CCN(CC(F)(F)F)CC3)nc2c(C(C)Nc2ccccc2C(=O)O)c1F. The van der Waals surface area contributed by atoms with E-state index in [2.05, 4.69) is 10.3 Å². The van der Waals surface area contributed by atoms with Gasteiger partial charge in [0.05, 0.1) is 29.1 Å². The molecule has 1 fully saturated rings. The first kappa shape index (κ1) is 26.4. The fourth-order valence-corrected chi connectivity index (χ4v) is 4.68. The number of hydrogen-bond donors (Lipinski definition) is 2. The van der Waals surface area contributed by atoms with Crippen molar-refractivity contribution in [3.8, 4) is 0 Å². The fraction of sp³-hybridized carbons (Fsp3) is 0.400. The lowest BCUT2D eigenvalue weighted by Crippen LogP contribution is -2.50. The molecular weight excluding hydrogens is 494 g/mol. The van der Waals surface area contributed by atoms with E-state index in [1.165, 1.54) is 35.6 Å². The van der Waals surface area contributed by atoms with Crippen LogP contribution in [0.3, 0.4) is 0 Å². The largest absolute Gasteiger partial charge is 0.478 e. The van der Waals surface area contributed by atoms with Gasteiger partial charge in [0.15, 0.2) is 0 Å². The van der Waals surface area contributed by atoms with Crippen LogP contribution in [0.5, 0.6) is 0 Å². The second-order valence-electron chi connectivity index (χ2n) is 9.19. The summed E-state index contributed by atoms with van der Waals surface area (Å²) >= 11 is 0. The van der Waals surface area contributed by atoms with Crippen molar-refractivity contribution in [2.24, 2.45) is 7.05 Å². The minimum absolute atomic E-state index is 0.00741. The van der Waals surface area contributed by atoms with E-state index in [1.807, 2.05) is 0 Å². The molecule has 3 aromatic rings. The molecule has 1 atom stereocenters. The van der Waals surface area contributed by atoms with Crippen molar-refractivity contribution in [2.75, 3.05) is 42.9 Å². The number of carbonyl (C=O) groups is 1. The Bertz CT molecular complexity index is 1400. The number of carboxylic acid groups (broad SMARTS) is 1. The maximum atomic E-state index is 15.5. The summed E-state index contributed by atoms with van der Waals surface area (Å²) in [6.07, 6.45) is -4.30. The Hall–Kier alpha value is -3.67. The molecule has 198 valence electrons. The lowest BCUT2D eigenvalue weighted by atomic mass is 9.99. The second-order valence-corrected chi connectivity index (χ2v) is 9.19. The first-order valence-electron chi connectivity index (χ1n) is 11.7. The van der Waals surface area contributed by atoms with Crippen molar-refractivity contribution >= 4 is 28.5 Å². The van der Waals surface area contributed by atoms with Crippen molar-refractivity contribution in [1.29, 1.82) is 0 Å². The zero-order valence-corrected chi connectivity index (χ0v) is 20.6. The summed E-state index contributed by atoms with van der Waals surface area (Å²) in [5.41, 5.74) is 0.321. The van der Waals surface area contributed by atoms with Gasteiger partial charge in [0.2, 0.25) is 5.95 Å². The number of alkyl halides is 3. The molecule has 0 amide bonds. The molecule has 0 bridgehead atoms. The molecule has 1 aliphatic heterocycles. The molecule has 0 radical (unpaired) electrons. The van der Waals surface area contributed by atoms with E-state index in [0.29, 0.717) is 0 Å². The Morgan fingerprint density at radius 2 is 1.84 bits per heavy atom. The van der Waals surface area contributed by atoms with Gasteiger partial charge < -0.3 is 15.3 Å². The number of aryl methyl sites for hydroxylation is 1. The maximum absolute atomic E-state index is 15.5. The van der Waals surface area contributed by atoms with Crippen LogP contribution in [0.4, 0.5) is 29.2 Å². The average molecular weight is 522 g/mol. The number of hydrogen-bond acceptors (Lipinski definition) is 6. The fourth-order valence-electron chi connectivity index (χ4n) is 4.68. The van der Waals surface area contributed by atoms with Crippen molar-refractivity contribution in [3.63, 3.8) is 0 Å². The number of aromatic nitrogens is 2. The highest BCUT2D eigenvalue weighted by molar-refractivity contribution is 5.94. The van der Waals surface area contributed by atoms with Crippen LogP contribution in [0.15, 0.2) is 35.1 Å². The van der Waals surface area contributed by atoms with Crippen LogP contribution in [0.2, 0.25) is 0 Å². The van der Waals surface area contributed by atoms with E-state index in [1.54, 1.807) is 30.0 Å². The number of para-hydroxylation sites is 1. The summed E-state index contributed by atoms with van der Waals surface area (Å²) in [5, 5.41) is 12.7. The molecule has 1 unspecified atom stereocenters. The predicted octanol–water partition coefficient (Wildman–Crippen LogP) is 3.94. The van der Waals surface area contributed by atoms with Crippen molar-refractivity contribution in [3.05, 3.63) is 63.2 Å². The van der Waals surface area contributed by atoms with Crippen LogP contribution in [-0.2, 0) is 7.05 Å². The standard InChI is InChI=1S/C25H27F4N5O3/c1-14-12-17-21(19(20(14)26)15(2)30-18-7-5-4-6-16(18)23(36)37)31-24(32(3)22(17)35)34-10-8-33(9-11-34)13-25(27,28)29/h4-7,12,15,30H,8-11,13H2,1-3H3,(H,36,37). The summed E-state index contributed by atoms with van der Waals surface area (Å²) in [6, 6.07) is 6.87. The number of nitrogens with zero attached hydrogens (tertiary/aromatic N) is 4. The third-order valence-electron chi connectivity index (χ3n) is 6.52. The molecule has 37 heavy (non-hydrogen) atoms. The summed E-state index contributed by atoms with van der Waals surface area (Å²) in [5.74, 6) is -1.50. The van der Waals surface area contributed by atoms with Gasteiger partial charge in [0.1, 0.15) is 5.82 Å². The van der Waals surface area contributed by atoms with Crippen LogP contribution in [0.1, 0.15) is 34.5 Å². The van der Waals surface area contributed by atoms with Crippen LogP contribution in [-0.4, -0.2) is 64.4 Å². The molecule has 2 heterocycles. The van der Waals surface area contributed by atoms with E-state index in [0.717, 1.165) is 0 Å². The first-order chi connectivity index (χ1) is 17.4. The number of rotatable bonds is 6. The molecular formula is C25H27F4N5O3. The van der Waals surface area contributed by atoms with Gasteiger partial charge in [-0.1, -0.05) is 12.1 Å². The Kier molecular flexibility index (Phi) is 7.13. The van der Waals surface area contributed by atoms with Crippen molar-refractivity contribution < 1.29 is 27.5 Å². The Balaban J connectivity index is 1.75. The molecule has 1 aromatic heterocycles. The highest BCUT2D eigenvalue weighted by atomic mass is 19.4. The number of aromatic carboxylic acids is 1. The van der Waals surface area contributed by atoms with Crippen LogP contribution < -0.4 is 15.8 Å². The molecule has 1 aliphatic rings. The average Bonchev–Trinajstić information content (AvgIpc) is 2.82. The number of carboxylic acids is 1. The molecule has 2 N–H and O–H groups in total. The zero-order chi connectivity index (χ0) is 27.1. The van der Waals surface area contributed by atoms with Gasteiger partial charge in [-0.25, -0.2) is 14.2 Å². The number of piperazine rings is 1. The van der Waals surface area contributed by atoms with Gasteiger partial charge in [-0.15, -0.1) is 0 Å². The Morgan fingerprint density at radius 1 is 1.19 bits per heavy atom. The van der Waals surface area contributed by atoms with Gasteiger partial charge in [-0.05, 0) is 37.6 Å². The number of nitrogens with one attached hydrogen (secondary N) is 1. The molecule has 0 saturated carbocycles. The minimum atomic E-state index is -4.30. The highest BCUT2D eigenvalue weighted by Crippen LogP contribution is 2.31. The Morgan fingerprint density at radius 3 is 2.46 bits per heavy atom. The molecule has 1 saturated heterocycles. The normalized spacial score (nSPS) is 15.7. The van der Waals surface area contributed by atoms with E-state index in [4.69, 9.17) is 0 Å². The smallest absolute Gasteiger partial charge is 0.401 e. The number of fused-ring (bicyclic) bond motifs is 1. The van der Waals surface area contributed by atoms with E-state index >= 15 is 4.39 Å². The molecule has 0 aliphatic carbocycles. The lowest BCUT2D eigenvalue weighted by molar-refractivity contribution is -0.146. The molecule has 2 aromatic carbocycles. The third kappa shape index (κ3) is 5.38. The Labute approximate surface area is 210 Å². The second kappa shape index (κ2) is 10.0. The highest BCUT2D eigenvalue weighted by Gasteiger charge is 2.33. The number of benzene rings is 2. The summed E-state index contributed by atoms with van der Waals surface area (Å²) in [7, 11) is 1.52. The van der Waals surface area contributed by atoms with Gasteiger partial charge in [0, 0.05) is 44.5 Å². The van der Waals surface area contributed by atoms with Crippen molar-refractivity contribution in [1.82, 2.24) is 14.5 Å². The van der Waals surface area contributed by atoms with Crippen molar-refractivity contribution in [2.45, 2.75) is 26.1 Å².